The minimum absolute atomic E-state index is 0.0442. The summed E-state index contributed by atoms with van der Waals surface area (Å²) in [7, 11) is 1.69. The topological polar surface area (TPSA) is 62.2 Å². The number of piperidine rings is 1. The summed E-state index contributed by atoms with van der Waals surface area (Å²) >= 11 is 0. The fourth-order valence-electron chi connectivity index (χ4n) is 4.10. The molecule has 2 fully saturated rings. The van der Waals surface area contributed by atoms with Gasteiger partial charge in [0, 0.05) is 23.9 Å². The van der Waals surface area contributed by atoms with Crippen LogP contribution < -0.4 is 4.74 Å². The Hall–Kier alpha value is -1.40. The first-order chi connectivity index (χ1) is 12.2. The maximum Gasteiger partial charge on any atom is 0.126 e. The molecule has 1 saturated heterocycles. The molecule has 5 nitrogen and oxygen atoms in total. The Balaban J connectivity index is 1.50. The van der Waals surface area contributed by atoms with Crippen LogP contribution >= 0.6 is 0 Å². The predicted octanol–water partition coefficient (Wildman–Crippen LogP) is 1.93. The zero-order valence-corrected chi connectivity index (χ0v) is 14.9. The number of aliphatic hydroxyl groups is 2. The van der Waals surface area contributed by atoms with Gasteiger partial charge in [0.15, 0.2) is 0 Å². The largest absolute Gasteiger partial charge is 0.496 e. The summed E-state index contributed by atoms with van der Waals surface area (Å²) in [6, 6.07) is 8.00. The molecule has 1 aliphatic heterocycles. The lowest BCUT2D eigenvalue weighted by Crippen LogP contribution is -2.62. The number of ether oxygens (including phenoxy) is 2. The van der Waals surface area contributed by atoms with Crippen LogP contribution in [0.2, 0.25) is 0 Å². The van der Waals surface area contributed by atoms with E-state index in [1.54, 1.807) is 7.11 Å². The molecule has 0 radical (unpaired) electrons. The van der Waals surface area contributed by atoms with Crippen molar-refractivity contribution in [3.8, 4) is 5.75 Å². The second-order valence-electron chi connectivity index (χ2n) is 7.01. The zero-order chi connectivity index (χ0) is 17.7. The van der Waals surface area contributed by atoms with E-state index >= 15 is 0 Å². The van der Waals surface area contributed by atoms with E-state index in [1.807, 2.05) is 24.3 Å². The molecule has 0 bridgehead atoms. The molecular weight excluding hydrogens is 318 g/mol. The van der Waals surface area contributed by atoms with E-state index in [0.717, 1.165) is 43.8 Å². The van der Waals surface area contributed by atoms with Gasteiger partial charge in [-0.2, -0.15) is 0 Å². The highest BCUT2D eigenvalue weighted by Gasteiger charge is 2.55. The second-order valence-corrected chi connectivity index (χ2v) is 7.01. The number of likely N-dealkylation sites (tertiary alicyclic amines) is 1. The van der Waals surface area contributed by atoms with Crippen molar-refractivity contribution < 1.29 is 19.7 Å². The summed E-state index contributed by atoms with van der Waals surface area (Å²) in [5.74, 6) is 0.887. The minimum atomic E-state index is -0.262. The summed E-state index contributed by atoms with van der Waals surface area (Å²) in [4.78, 5) is 2.41. The normalized spacial score (nSPS) is 26.0. The molecule has 2 atom stereocenters. The Kier molecular flexibility index (Phi) is 6.12. The molecule has 1 aliphatic carbocycles. The van der Waals surface area contributed by atoms with Crippen molar-refractivity contribution in [1.82, 2.24) is 4.90 Å². The lowest BCUT2D eigenvalue weighted by Gasteiger charge is -2.56. The van der Waals surface area contributed by atoms with Crippen LogP contribution in [0.5, 0.6) is 5.75 Å². The number of para-hydroxylation sites is 1. The molecule has 0 unspecified atom stereocenters. The third kappa shape index (κ3) is 3.90. The minimum Gasteiger partial charge on any atom is -0.496 e. The molecule has 5 heteroatoms. The lowest BCUT2D eigenvalue weighted by molar-refractivity contribution is -0.212. The van der Waals surface area contributed by atoms with Crippen LogP contribution in [0.15, 0.2) is 30.3 Å². The fraction of sp³-hybridized carbons (Fsp3) is 0.600. The average Bonchev–Trinajstić information content (AvgIpc) is 2.66. The molecule has 2 aliphatic rings. The van der Waals surface area contributed by atoms with Crippen molar-refractivity contribution in [2.24, 2.45) is 5.41 Å². The van der Waals surface area contributed by atoms with Gasteiger partial charge in [0.25, 0.3) is 0 Å². The Labute approximate surface area is 149 Å². The highest BCUT2D eigenvalue weighted by molar-refractivity contribution is 5.57. The monoisotopic (exact) mass is 347 g/mol. The summed E-state index contributed by atoms with van der Waals surface area (Å²) < 4.78 is 11.1. The standard InChI is InChI=1S/C20H29NO4/c1-24-17-7-3-2-5-16(17)6-4-10-21-11-8-20(9-12-21)18(23)15-19(20)25-14-13-22/h2-7,18-19,22-23H,8-15H2,1H3/b6-4+/t18-,19+/m0/s1. The van der Waals surface area contributed by atoms with Crippen LogP contribution in [0.25, 0.3) is 6.08 Å². The molecule has 1 saturated carbocycles. The van der Waals surface area contributed by atoms with E-state index in [9.17, 15) is 5.11 Å². The van der Waals surface area contributed by atoms with E-state index in [1.165, 1.54) is 0 Å². The Morgan fingerprint density at radius 1 is 1.28 bits per heavy atom. The van der Waals surface area contributed by atoms with Gasteiger partial charge >= 0.3 is 0 Å². The summed E-state index contributed by atoms with van der Waals surface area (Å²) in [5, 5.41) is 19.2. The maximum atomic E-state index is 10.3. The quantitative estimate of drug-likeness (QED) is 0.789. The van der Waals surface area contributed by atoms with Gasteiger partial charge < -0.3 is 19.7 Å². The zero-order valence-electron chi connectivity index (χ0n) is 14.9. The van der Waals surface area contributed by atoms with Crippen molar-refractivity contribution in [2.75, 3.05) is 40.0 Å². The van der Waals surface area contributed by atoms with Crippen LogP contribution in [-0.2, 0) is 4.74 Å². The summed E-state index contributed by atoms with van der Waals surface area (Å²) in [6.45, 7) is 3.23. The van der Waals surface area contributed by atoms with Crippen molar-refractivity contribution in [3.05, 3.63) is 35.9 Å². The fourth-order valence-corrected chi connectivity index (χ4v) is 4.10. The molecule has 1 aromatic carbocycles. The van der Waals surface area contributed by atoms with Crippen molar-refractivity contribution >= 4 is 6.08 Å². The van der Waals surface area contributed by atoms with Gasteiger partial charge in [-0.1, -0.05) is 30.4 Å². The van der Waals surface area contributed by atoms with Gasteiger partial charge in [0.2, 0.25) is 0 Å². The number of hydrogen-bond donors (Lipinski definition) is 2. The first-order valence-electron chi connectivity index (χ1n) is 9.12. The van der Waals surface area contributed by atoms with E-state index in [2.05, 4.69) is 17.1 Å². The summed E-state index contributed by atoms with van der Waals surface area (Å²) in [5.41, 5.74) is 0.989. The van der Waals surface area contributed by atoms with Gasteiger partial charge in [-0.25, -0.2) is 0 Å². The molecule has 0 aromatic heterocycles. The SMILES string of the molecule is COc1ccccc1/C=C/CN1CCC2(CC1)[C@@H](O)C[C@H]2OCCO. The Morgan fingerprint density at radius 3 is 2.72 bits per heavy atom. The molecule has 1 spiro atoms. The number of rotatable bonds is 7. The molecular formula is C20H29NO4. The highest BCUT2D eigenvalue weighted by atomic mass is 16.5. The van der Waals surface area contributed by atoms with E-state index < -0.39 is 0 Å². The number of benzene rings is 1. The van der Waals surface area contributed by atoms with Crippen molar-refractivity contribution in [1.29, 1.82) is 0 Å². The van der Waals surface area contributed by atoms with Crippen LogP contribution in [-0.4, -0.2) is 67.3 Å². The highest BCUT2D eigenvalue weighted by Crippen LogP contribution is 2.50. The first-order valence-corrected chi connectivity index (χ1v) is 9.12. The van der Waals surface area contributed by atoms with Gasteiger partial charge in [-0.05, 0) is 32.0 Å². The summed E-state index contributed by atoms with van der Waals surface area (Å²) in [6.07, 6.45) is 6.72. The first kappa shape index (κ1) is 18.4. The maximum absolute atomic E-state index is 10.3. The molecule has 3 rings (SSSR count). The smallest absolute Gasteiger partial charge is 0.126 e. The third-order valence-corrected chi connectivity index (χ3v) is 5.74. The third-order valence-electron chi connectivity index (χ3n) is 5.74. The number of nitrogens with zero attached hydrogens (tertiary/aromatic N) is 1. The van der Waals surface area contributed by atoms with Gasteiger partial charge in [-0.15, -0.1) is 0 Å². The van der Waals surface area contributed by atoms with Crippen LogP contribution in [0, 0.1) is 5.41 Å². The molecule has 25 heavy (non-hydrogen) atoms. The second kappa shape index (κ2) is 8.32. The number of aliphatic hydroxyl groups excluding tert-OH is 2. The average molecular weight is 347 g/mol. The number of methoxy groups -OCH3 is 1. The Morgan fingerprint density at radius 2 is 2.04 bits per heavy atom. The molecule has 2 N–H and O–H groups in total. The van der Waals surface area contributed by atoms with E-state index in [-0.39, 0.29) is 24.2 Å². The van der Waals surface area contributed by atoms with Crippen LogP contribution in [0.3, 0.4) is 0 Å². The van der Waals surface area contributed by atoms with Gasteiger partial charge in [0.05, 0.1) is 32.5 Å². The molecule has 1 aromatic rings. The predicted molar refractivity (Wildman–Crippen MR) is 97.6 cm³/mol. The van der Waals surface area contributed by atoms with Crippen molar-refractivity contribution in [3.63, 3.8) is 0 Å². The van der Waals surface area contributed by atoms with Crippen molar-refractivity contribution in [2.45, 2.75) is 31.5 Å². The lowest BCUT2D eigenvalue weighted by atomic mass is 9.58. The van der Waals surface area contributed by atoms with E-state index in [4.69, 9.17) is 14.6 Å². The number of hydrogen-bond acceptors (Lipinski definition) is 5. The molecule has 1 heterocycles. The molecule has 0 amide bonds. The van der Waals surface area contributed by atoms with Gasteiger partial charge in [-0.3, -0.25) is 4.90 Å². The molecule has 138 valence electrons. The van der Waals surface area contributed by atoms with E-state index in [0.29, 0.717) is 13.0 Å². The van der Waals surface area contributed by atoms with Crippen LogP contribution in [0.1, 0.15) is 24.8 Å². The van der Waals surface area contributed by atoms with Gasteiger partial charge in [0.1, 0.15) is 5.75 Å². The van der Waals surface area contributed by atoms with Crippen LogP contribution in [0.4, 0.5) is 0 Å². The Bertz CT molecular complexity index is 581.